The number of hydrogen-bond donors (Lipinski definition) is 0. The second kappa shape index (κ2) is 16.8. The highest BCUT2D eigenvalue weighted by Gasteiger charge is 1.92. The molecule has 0 rings (SSSR count). The van der Waals surface area contributed by atoms with Crippen molar-refractivity contribution in [1.82, 2.24) is 4.90 Å². The summed E-state index contributed by atoms with van der Waals surface area (Å²) in [6.07, 6.45) is 22.9. The zero-order valence-corrected chi connectivity index (χ0v) is 14.5. The quantitative estimate of drug-likeness (QED) is 0.255. The summed E-state index contributed by atoms with van der Waals surface area (Å²) in [5.74, 6) is 0. The van der Waals surface area contributed by atoms with E-state index in [-0.39, 0.29) is 0 Å². The van der Waals surface area contributed by atoms with E-state index in [9.17, 15) is 0 Å². The van der Waals surface area contributed by atoms with Crippen molar-refractivity contribution in [2.24, 2.45) is 0 Å². The van der Waals surface area contributed by atoms with Crippen LogP contribution in [0.5, 0.6) is 0 Å². The summed E-state index contributed by atoms with van der Waals surface area (Å²) in [5, 5.41) is 0. The van der Waals surface area contributed by atoms with Gasteiger partial charge in [-0.2, -0.15) is 0 Å². The average Bonchev–Trinajstić information content (AvgIpc) is 2.43. The summed E-state index contributed by atoms with van der Waals surface area (Å²) < 4.78 is 0. The van der Waals surface area contributed by atoms with Crippen molar-refractivity contribution in [2.75, 3.05) is 20.6 Å². The topological polar surface area (TPSA) is 3.24 Å². The van der Waals surface area contributed by atoms with Crippen molar-refractivity contribution >= 4 is 0 Å². The van der Waals surface area contributed by atoms with Crippen LogP contribution in [-0.4, -0.2) is 25.5 Å². The summed E-state index contributed by atoms with van der Waals surface area (Å²) >= 11 is 0. The van der Waals surface area contributed by atoms with Gasteiger partial charge >= 0.3 is 0 Å². The first kappa shape index (κ1) is 19.7. The Morgan fingerprint density at radius 2 is 1.05 bits per heavy atom. The molecule has 0 saturated heterocycles. The standard InChI is InChI=1S/C19H39N/c1-4-5-6-7-8-9-10-11-12-13-14-15-16-17-18-19-20(2)3/h15-16H,4-14,17-19H2,1-3H3/b16-15+. The fourth-order valence-corrected chi connectivity index (χ4v) is 2.51. The van der Waals surface area contributed by atoms with Crippen molar-refractivity contribution in [3.63, 3.8) is 0 Å². The Labute approximate surface area is 128 Å². The first-order chi connectivity index (χ1) is 9.77. The largest absolute Gasteiger partial charge is 0.309 e. The highest BCUT2D eigenvalue weighted by Crippen LogP contribution is 2.11. The minimum atomic E-state index is 1.21. The second-order valence-corrected chi connectivity index (χ2v) is 6.39. The van der Waals surface area contributed by atoms with Crippen LogP contribution in [0.1, 0.15) is 90.4 Å². The van der Waals surface area contributed by atoms with Gasteiger partial charge in [0.15, 0.2) is 0 Å². The monoisotopic (exact) mass is 281 g/mol. The molecule has 1 heteroatoms. The number of nitrogens with zero attached hydrogens (tertiary/aromatic N) is 1. The normalized spacial score (nSPS) is 11.8. The van der Waals surface area contributed by atoms with E-state index in [0.717, 1.165) is 0 Å². The van der Waals surface area contributed by atoms with Gasteiger partial charge in [-0.3, -0.25) is 0 Å². The molecule has 1 nitrogen and oxygen atoms in total. The lowest BCUT2D eigenvalue weighted by Gasteiger charge is -2.06. The Morgan fingerprint density at radius 3 is 1.55 bits per heavy atom. The van der Waals surface area contributed by atoms with E-state index in [1.807, 2.05) is 0 Å². The predicted molar refractivity (Wildman–Crippen MR) is 93.4 cm³/mol. The van der Waals surface area contributed by atoms with Crippen LogP contribution >= 0.6 is 0 Å². The van der Waals surface area contributed by atoms with E-state index < -0.39 is 0 Å². The van der Waals surface area contributed by atoms with Gasteiger partial charge in [-0.1, -0.05) is 76.9 Å². The third kappa shape index (κ3) is 17.7. The molecule has 0 saturated carbocycles. The molecule has 0 heterocycles. The van der Waals surface area contributed by atoms with E-state index in [1.54, 1.807) is 0 Å². The highest BCUT2D eigenvalue weighted by atomic mass is 15.0. The van der Waals surface area contributed by atoms with E-state index in [2.05, 4.69) is 38.1 Å². The summed E-state index contributed by atoms with van der Waals surface area (Å²) in [6, 6.07) is 0. The summed E-state index contributed by atoms with van der Waals surface area (Å²) in [7, 11) is 4.29. The van der Waals surface area contributed by atoms with Crippen molar-refractivity contribution < 1.29 is 0 Å². The molecule has 0 N–H and O–H groups in total. The maximum atomic E-state index is 2.39. The Kier molecular flexibility index (Phi) is 16.5. The van der Waals surface area contributed by atoms with Crippen molar-refractivity contribution in [3.05, 3.63) is 12.2 Å². The fourth-order valence-electron chi connectivity index (χ4n) is 2.51. The van der Waals surface area contributed by atoms with Crippen LogP contribution in [0, 0.1) is 0 Å². The van der Waals surface area contributed by atoms with Gasteiger partial charge in [0.2, 0.25) is 0 Å². The Hall–Kier alpha value is -0.300. The minimum absolute atomic E-state index is 1.21. The van der Waals surface area contributed by atoms with Gasteiger partial charge in [-0.15, -0.1) is 0 Å². The number of unbranched alkanes of at least 4 members (excludes halogenated alkanes) is 11. The molecular formula is C19H39N. The Balaban J connectivity index is 3.03. The van der Waals surface area contributed by atoms with Gasteiger partial charge < -0.3 is 4.90 Å². The molecule has 0 spiro atoms. The maximum absolute atomic E-state index is 2.39. The molecule has 0 atom stereocenters. The average molecular weight is 282 g/mol. The molecule has 0 fully saturated rings. The van der Waals surface area contributed by atoms with Crippen LogP contribution in [0.15, 0.2) is 12.2 Å². The van der Waals surface area contributed by atoms with Gasteiger partial charge in [0.25, 0.3) is 0 Å². The molecular weight excluding hydrogens is 242 g/mol. The van der Waals surface area contributed by atoms with Crippen molar-refractivity contribution in [1.29, 1.82) is 0 Å². The molecule has 0 radical (unpaired) electrons. The van der Waals surface area contributed by atoms with E-state index in [1.165, 1.54) is 90.0 Å². The highest BCUT2D eigenvalue weighted by molar-refractivity contribution is 4.81. The van der Waals surface area contributed by atoms with Crippen molar-refractivity contribution in [3.8, 4) is 0 Å². The molecule has 20 heavy (non-hydrogen) atoms. The minimum Gasteiger partial charge on any atom is -0.309 e. The number of rotatable bonds is 15. The molecule has 0 aliphatic carbocycles. The molecule has 0 bridgehead atoms. The Bertz CT molecular complexity index is 196. The first-order valence-corrected chi connectivity index (χ1v) is 9.07. The fraction of sp³-hybridized carbons (Fsp3) is 0.895. The molecule has 0 aliphatic heterocycles. The maximum Gasteiger partial charge on any atom is -0.00219 e. The third-order valence-electron chi connectivity index (χ3n) is 3.87. The van der Waals surface area contributed by atoms with Gasteiger partial charge in [-0.05, 0) is 46.3 Å². The lowest BCUT2D eigenvalue weighted by Crippen LogP contribution is -2.12. The van der Waals surface area contributed by atoms with E-state index in [4.69, 9.17) is 0 Å². The molecule has 0 aliphatic rings. The van der Waals surface area contributed by atoms with Crippen LogP contribution in [-0.2, 0) is 0 Å². The molecule has 0 amide bonds. The number of allylic oxidation sites excluding steroid dienone is 2. The van der Waals surface area contributed by atoms with Crippen LogP contribution in [0.3, 0.4) is 0 Å². The van der Waals surface area contributed by atoms with Crippen LogP contribution in [0.4, 0.5) is 0 Å². The van der Waals surface area contributed by atoms with Crippen LogP contribution in [0.25, 0.3) is 0 Å². The van der Waals surface area contributed by atoms with Gasteiger partial charge in [0.1, 0.15) is 0 Å². The summed E-state index contributed by atoms with van der Waals surface area (Å²) in [4.78, 5) is 2.26. The molecule has 0 aromatic rings. The SMILES string of the molecule is CCCCCCCCCCCC/C=C/CCCN(C)C. The molecule has 120 valence electrons. The summed E-state index contributed by atoms with van der Waals surface area (Å²) in [5.41, 5.74) is 0. The van der Waals surface area contributed by atoms with Crippen LogP contribution in [0.2, 0.25) is 0 Å². The van der Waals surface area contributed by atoms with E-state index >= 15 is 0 Å². The smallest absolute Gasteiger partial charge is 0.00219 e. The van der Waals surface area contributed by atoms with E-state index in [0.29, 0.717) is 0 Å². The lowest BCUT2D eigenvalue weighted by atomic mass is 10.1. The Morgan fingerprint density at radius 1 is 0.600 bits per heavy atom. The third-order valence-corrected chi connectivity index (χ3v) is 3.87. The molecule has 0 aromatic carbocycles. The van der Waals surface area contributed by atoms with Crippen molar-refractivity contribution in [2.45, 2.75) is 90.4 Å². The summed E-state index contributed by atoms with van der Waals surface area (Å²) in [6.45, 7) is 3.50. The zero-order valence-electron chi connectivity index (χ0n) is 14.5. The zero-order chi connectivity index (χ0) is 14.9. The molecule has 0 unspecified atom stereocenters. The second-order valence-electron chi connectivity index (χ2n) is 6.39. The lowest BCUT2D eigenvalue weighted by molar-refractivity contribution is 0.402. The van der Waals surface area contributed by atoms with Gasteiger partial charge in [-0.25, -0.2) is 0 Å². The van der Waals surface area contributed by atoms with Gasteiger partial charge in [0.05, 0.1) is 0 Å². The number of hydrogen-bond acceptors (Lipinski definition) is 1. The van der Waals surface area contributed by atoms with Crippen LogP contribution < -0.4 is 0 Å². The van der Waals surface area contributed by atoms with Gasteiger partial charge in [0, 0.05) is 0 Å². The first-order valence-electron chi connectivity index (χ1n) is 9.07. The predicted octanol–water partition coefficient (Wildman–Crippen LogP) is 6.20. The molecule has 0 aromatic heterocycles.